The maximum Gasteiger partial charge on any atom is 0.222 e. The first-order valence-corrected chi connectivity index (χ1v) is 11.3. The summed E-state index contributed by atoms with van der Waals surface area (Å²) in [6.07, 6.45) is 8.86. The van der Waals surface area contributed by atoms with Gasteiger partial charge < -0.3 is 14.5 Å². The van der Waals surface area contributed by atoms with Gasteiger partial charge in [0.1, 0.15) is 5.75 Å². The van der Waals surface area contributed by atoms with Gasteiger partial charge in [0, 0.05) is 32.4 Å². The van der Waals surface area contributed by atoms with Gasteiger partial charge in [0.05, 0.1) is 19.2 Å². The molecular formula is C24H34N2O3. The highest BCUT2D eigenvalue weighted by molar-refractivity contribution is 5.78. The Morgan fingerprint density at radius 3 is 2.41 bits per heavy atom. The number of nitrogens with zero attached hydrogens (tertiary/aromatic N) is 2. The SMILES string of the molecule is COc1ccc([C@H]2CN(C(=O)CCC3CCCC3)[C@@H]3CCCN(C(C)=O)[C@H]23)cc1. The Bertz CT molecular complexity index is 726. The zero-order chi connectivity index (χ0) is 20.4. The van der Waals surface area contributed by atoms with Crippen LogP contribution in [0.1, 0.15) is 69.8 Å². The normalized spacial score (nSPS) is 27.2. The van der Waals surface area contributed by atoms with Crippen molar-refractivity contribution in [1.82, 2.24) is 9.80 Å². The van der Waals surface area contributed by atoms with E-state index in [1.807, 2.05) is 17.0 Å². The largest absolute Gasteiger partial charge is 0.497 e. The minimum Gasteiger partial charge on any atom is -0.497 e. The van der Waals surface area contributed by atoms with Crippen LogP contribution >= 0.6 is 0 Å². The van der Waals surface area contributed by atoms with Gasteiger partial charge in [0.25, 0.3) is 0 Å². The third kappa shape index (κ3) is 4.15. The summed E-state index contributed by atoms with van der Waals surface area (Å²) in [6.45, 7) is 3.18. The maximum absolute atomic E-state index is 13.2. The van der Waals surface area contributed by atoms with E-state index in [2.05, 4.69) is 17.0 Å². The molecular weight excluding hydrogens is 364 g/mol. The van der Waals surface area contributed by atoms with Crippen LogP contribution in [0.5, 0.6) is 5.75 Å². The lowest BCUT2D eigenvalue weighted by Gasteiger charge is -2.41. The number of ether oxygens (including phenoxy) is 1. The zero-order valence-corrected chi connectivity index (χ0v) is 17.8. The predicted molar refractivity (Wildman–Crippen MR) is 113 cm³/mol. The monoisotopic (exact) mass is 398 g/mol. The molecule has 2 aliphatic heterocycles. The lowest BCUT2D eigenvalue weighted by atomic mass is 9.86. The molecule has 4 rings (SSSR count). The minimum atomic E-state index is 0.0880. The number of carbonyl (C=O) groups excluding carboxylic acids is 2. The molecule has 1 aliphatic carbocycles. The first kappa shape index (κ1) is 20.2. The Morgan fingerprint density at radius 1 is 1.03 bits per heavy atom. The lowest BCUT2D eigenvalue weighted by Crippen LogP contribution is -2.53. The van der Waals surface area contributed by atoms with E-state index >= 15 is 0 Å². The minimum absolute atomic E-state index is 0.0880. The summed E-state index contributed by atoms with van der Waals surface area (Å²) in [5.41, 5.74) is 1.19. The number of rotatable bonds is 5. The van der Waals surface area contributed by atoms with Crippen LogP contribution in [-0.2, 0) is 9.59 Å². The van der Waals surface area contributed by atoms with Crippen LogP contribution in [0.3, 0.4) is 0 Å². The molecule has 0 bridgehead atoms. The van der Waals surface area contributed by atoms with E-state index in [0.29, 0.717) is 6.42 Å². The number of carbonyl (C=O) groups is 2. The molecule has 158 valence electrons. The molecule has 0 spiro atoms. The Balaban J connectivity index is 1.55. The predicted octanol–water partition coefficient (Wildman–Crippen LogP) is 3.97. The van der Waals surface area contributed by atoms with E-state index in [-0.39, 0.29) is 29.8 Å². The van der Waals surface area contributed by atoms with E-state index in [9.17, 15) is 9.59 Å². The third-order valence-electron chi connectivity index (χ3n) is 7.37. The highest BCUT2D eigenvalue weighted by atomic mass is 16.5. The van der Waals surface area contributed by atoms with E-state index in [1.54, 1.807) is 14.0 Å². The Morgan fingerprint density at radius 2 is 1.76 bits per heavy atom. The van der Waals surface area contributed by atoms with Crippen molar-refractivity contribution in [2.75, 3.05) is 20.2 Å². The highest BCUT2D eigenvalue weighted by Crippen LogP contribution is 2.41. The summed E-state index contributed by atoms with van der Waals surface area (Å²) < 4.78 is 5.31. The first-order valence-electron chi connectivity index (χ1n) is 11.3. The fourth-order valence-electron chi connectivity index (χ4n) is 5.86. The summed E-state index contributed by atoms with van der Waals surface area (Å²) >= 11 is 0. The molecule has 3 aliphatic rings. The molecule has 0 aromatic heterocycles. The Labute approximate surface area is 174 Å². The molecule has 29 heavy (non-hydrogen) atoms. The number of hydrogen-bond donors (Lipinski definition) is 0. The Kier molecular flexibility index (Phi) is 6.12. The summed E-state index contributed by atoms with van der Waals surface area (Å²) in [4.78, 5) is 29.7. The van der Waals surface area contributed by atoms with Crippen molar-refractivity contribution in [1.29, 1.82) is 0 Å². The van der Waals surface area contributed by atoms with Gasteiger partial charge in [-0.05, 0) is 42.9 Å². The van der Waals surface area contributed by atoms with Crippen molar-refractivity contribution in [3.05, 3.63) is 29.8 Å². The highest BCUT2D eigenvalue weighted by Gasteiger charge is 2.49. The fourth-order valence-corrected chi connectivity index (χ4v) is 5.86. The molecule has 0 N–H and O–H groups in total. The van der Waals surface area contributed by atoms with E-state index in [0.717, 1.165) is 44.0 Å². The smallest absolute Gasteiger partial charge is 0.222 e. The van der Waals surface area contributed by atoms with Crippen molar-refractivity contribution >= 4 is 11.8 Å². The maximum atomic E-state index is 13.2. The molecule has 2 amide bonds. The number of likely N-dealkylation sites (tertiary alicyclic amines) is 2. The first-order chi connectivity index (χ1) is 14.1. The van der Waals surface area contributed by atoms with Crippen molar-refractivity contribution < 1.29 is 14.3 Å². The van der Waals surface area contributed by atoms with Gasteiger partial charge in [-0.1, -0.05) is 37.8 Å². The second-order valence-electron chi connectivity index (χ2n) is 9.03. The van der Waals surface area contributed by atoms with Gasteiger partial charge in [0.2, 0.25) is 11.8 Å². The van der Waals surface area contributed by atoms with E-state index in [4.69, 9.17) is 4.74 Å². The van der Waals surface area contributed by atoms with Crippen LogP contribution < -0.4 is 4.74 Å². The number of amides is 2. The number of benzene rings is 1. The van der Waals surface area contributed by atoms with E-state index in [1.165, 1.54) is 31.2 Å². The van der Waals surface area contributed by atoms with E-state index < -0.39 is 0 Å². The molecule has 0 unspecified atom stereocenters. The van der Waals surface area contributed by atoms with Crippen LogP contribution in [0.25, 0.3) is 0 Å². The van der Waals surface area contributed by atoms with Crippen LogP contribution in [0, 0.1) is 5.92 Å². The average Bonchev–Trinajstić information content (AvgIpc) is 3.40. The van der Waals surface area contributed by atoms with Crippen molar-refractivity contribution in [2.45, 2.75) is 76.3 Å². The lowest BCUT2D eigenvalue weighted by molar-refractivity contribution is -0.138. The number of fused-ring (bicyclic) bond motifs is 1. The second kappa shape index (κ2) is 8.76. The van der Waals surface area contributed by atoms with Gasteiger partial charge in [-0.25, -0.2) is 0 Å². The number of piperidine rings is 1. The molecule has 5 nitrogen and oxygen atoms in total. The van der Waals surface area contributed by atoms with Gasteiger partial charge in [0.15, 0.2) is 0 Å². The summed E-state index contributed by atoms with van der Waals surface area (Å²) in [5, 5.41) is 0. The summed E-state index contributed by atoms with van der Waals surface area (Å²) in [6, 6.07) is 8.40. The molecule has 1 saturated carbocycles. The molecule has 1 aromatic rings. The van der Waals surface area contributed by atoms with Crippen LogP contribution in [0.4, 0.5) is 0 Å². The average molecular weight is 399 g/mol. The second-order valence-corrected chi connectivity index (χ2v) is 9.03. The van der Waals surface area contributed by atoms with Crippen LogP contribution in [0.2, 0.25) is 0 Å². The topological polar surface area (TPSA) is 49.9 Å². The summed E-state index contributed by atoms with van der Waals surface area (Å²) in [5.74, 6) is 2.15. The molecule has 5 heteroatoms. The van der Waals surface area contributed by atoms with Crippen molar-refractivity contribution in [2.24, 2.45) is 5.92 Å². The Hall–Kier alpha value is -2.04. The molecule has 3 fully saturated rings. The molecule has 1 aromatic carbocycles. The molecule has 2 heterocycles. The summed E-state index contributed by atoms with van der Waals surface area (Å²) in [7, 11) is 1.67. The van der Waals surface area contributed by atoms with Gasteiger partial charge in [-0.3, -0.25) is 9.59 Å². The molecule has 3 atom stereocenters. The zero-order valence-electron chi connectivity index (χ0n) is 17.8. The third-order valence-corrected chi connectivity index (χ3v) is 7.37. The van der Waals surface area contributed by atoms with Gasteiger partial charge in [-0.2, -0.15) is 0 Å². The van der Waals surface area contributed by atoms with Crippen LogP contribution in [-0.4, -0.2) is 53.9 Å². The number of hydrogen-bond acceptors (Lipinski definition) is 3. The van der Waals surface area contributed by atoms with Gasteiger partial charge in [-0.15, -0.1) is 0 Å². The van der Waals surface area contributed by atoms with Gasteiger partial charge >= 0.3 is 0 Å². The molecule has 0 radical (unpaired) electrons. The fraction of sp³-hybridized carbons (Fsp3) is 0.667. The van der Waals surface area contributed by atoms with Crippen molar-refractivity contribution in [3.8, 4) is 5.75 Å². The van der Waals surface area contributed by atoms with Crippen LogP contribution in [0.15, 0.2) is 24.3 Å². The number of methoxy groups -OCH3 is 1. The molecule has 2 saturated heterocycles. The standard InChI is InChI=1S/C24H34N2O3/c1-17(27)25-15-5-8-22-24(25)21(19-10-12-20(29-2)13-11-19)16-26(22)23(28)14-9-18-6-3-4-7-18/h10-13,18,21-22,24H,3-9,14-16H2,1-2H3/t21-,22-,24-/m1/s1. The quantitative estimate of drug-likeness (QED) is 0.754. The van der Waals surface area contributed by atoms with Crippen molar-refractivity contribution in [3.63, 3.8) is 0 Å².